The highest BCUT2D eigenvalue weighted by Gasteiger charge is 2.47. The minimum atomic E-state index is -3.53. The molecule has 45 heavy (non-hydrogen) atoms. The third-order valence-electron chi connectivity index (χ3n) is 8.19. The third kappa shape index (κ3) is 6.91. The molecule has 2 fully saturated rings. The van der Waals surface area contributed by atoms with Crippen molar-refractivity contribution in [2.24, 2.45) is 0 Å². The van der Waals surface area contributed by atoms with Gasteiger partial charge in [-0.05, 0) is 45.7 Å². The summed E-state index contributed by atoms with van der Waals surface area (Å²) in [6, 6.07) is 0.635. The summed E-state index contributed by atoms with van der Waals surface area (Å²) in [6.45, 7) is 5.36. The van der Waals surface area contributed by atoms with Crippen molar-refractivity contribution in [3.63, 3.8) is 0 Å². The van der Waals surface area contributed by atoms with Crippen LogP contribution in [0.15, 0.2) is 24.5 Å². The van der Waals surface area contributed by atoms with Crippen molar-refractivity contribution in [1.82, 2.24) is 39.8 Å². The number of methoxy groups -OCH3 is 1. The molecule has 3 N–H and O–H groups in total. The number of aromatic nitrogens is 6. The molecule has 2 saturated heterocycles. The van der Waals surface area contributed by atoms with E-state index >= 15 is 0 Å². The zero-order chi connectivity index (χ0) is 32.7. The number of benzene rings is 1. The fourth-order valence-corrected chi connectivity index (χ4v) is 6.30. The molecule has 5 rings (SSSR count). The molecule has 2 aliphatic heterocycles. The number of hydrogen-bond donors (Lipinski definition) is 3. The van der Waals surface area contributed by atoms with Crippen molar-refractivity contribution in [3.8, 4) is 11.3 Å². The molecule has 0 aliphatic carbocycles. The van der Waals surface area contributed by atoms with E-state index in [2.05, 4.69) is 25.5 Å². The number of nitrogens with one attached hydrogen (secondary N) is 1. The van der Waals surface area contributed by atoms with Crippen LogP contribution in [0.1, 0.15) is 51.4 Å². The predicted octanol–water partition coefficient (Wildman–Crippen LogP) is 1.14. The van der Waals surface area contributed by atoms with Gasteiger partial charge in [-0.2, -0.15) is 0 Å². The number of nitrogens with zero attached hydrogens (tertiary/aromatic N) is 7. The molecule has 0 bridgehead atoms. The fourth-order valence-electron chi connectivity index (χ4n) is 5.51. The summed E-state index contributed by atoms with van der Waals surface area (Å²) in [7, 11) is -2.11. The highest BCUT2D eigenvalue weighted by atomic mass is 32.2. The molecule has 3 aromatic rings. The van der Waals surface area contributed by atoms with E-state index in [0.29, 0.717) is 31.6 Å². The molecular formula is C27H37F3N8O6S. The second-order valence-electron chi connectivity index (χ2n) is 12.2. The number of rotatable bonds is 9. The normalized spacial score (nSPS) is 25.6. The molecule has 4 heterocycles. The van der Waals surface area contributed by atoms with Gasteiger partial charge in [-0.25, -0.2) is 36.0 Å². The first kappa shape index (κ1) is 33.4. The smallest absolute Gasteiger partial charge is 0.229 e. The van der Waals surface area contributed by atoms with Crippen LogP contribution in [0.2, 0.25) is 0 Å². The highest BCUT2D eigenvalue weighted by molar-refractivity contribution is 7.90. The van der Waals surface area contributed by atoms with E-state index in [0.717, 1.165) is 12.1 Å². The van der Waals surface area contributed by atoms with E-state index in [1.54, 1.807) is 36.7 Å². The predicted molar refractivity (Wildman–Crippen MR) is 152 cm³/mol. The molecule has 1 aromatic carbocycles. The van der Waals surface area contributed by atoms with Gasteiger partial charge in [0.15, 0.2) is 17.5 Å². The topological polar surface area (TPSA) is 170 Å². The number of piperidine rings is 1. The van der Waals surface area contributed by atoms with Crippen LogP contribution in [0, 0.1) is 17.5 Å². The maximum Gasteiger partial charge on any atom is 0.229 e. The molecule has 0 saturated carbocycles. The average Bonchev–Trinajstić information content (AvgIpc) is 3.66. The first-order valence-corrected chi connectivity index (χ1v) is 15.9. The summed E-state index contributed by atoms with van der Waals surface area (Å²) < 4.78 is 80.0. The molecule has 5 atom stereocenters. The average molecular weight is 659 g/mol. The Labute approximate surface area is 258 Å². The van der Waals surface area contributed by atoms with Gasteiger partial charge in [0.05, 0.1) is 35.4 Å². The van der Waals surface area contributed by atoms with Crippen molar-refractivity contribution >= 4 is 10.0 Å². The Morgan fingerprint density at radius 2 is 1.69 bits per heavy atom. The van der Waals surface area contributed by atoms with Crippen molar-refractivity contribution in [2.45, 2.75) is 81.3 Å². The number of hydrazine groups is 1. The quantitative estimate of drug-likeness (QED) is 0.282. The molecule has 0 amide bonds. The van der Waals surface area contributed by atoms with Crippen molar-refractivity contribution in [3.05, 3.63) is 47.7 Å². The lowest BCUT2D eigenvalue weighted by molar-refractivity contribution is -0.212. The minimum absolute atomic E-state index is 0.0124. The van der Waals surface area contributed by atoms with E-state index in [1.807, 2.05) is 0 Å². The Morgan fingerprint density at radius 1 is 1.04 bits per heavy atom. The lowest BCUT2D eigenvalue weighted by Crippen LogP contribution is -2.57. The van der Waals surface area contributed by atoms with Crippen LogP contribution in [0.25, 0.3) is 11.3 Å². The Hall–Kier alpha value is -3.00. The number of halogens is 3. The van der Waals surface area contributed by atoms with Crippen LogP contribution in [-0.4, -0.2) is 110 Å². The Morgan fingerprint density at radius 3 is 2.29 bits per heavy atom. The van der Waals surface area contributed by atoms with Crippen LogP contribution in [0.3, 0.4) is 0 Å². The molecule has 0 radical (unpaired) electrons. The van der Waals surface area contributed by atoms with Crippen LogP contribution in [-0.2, 0) is 25.9 Å². The maximum absolute atomic E-state index is 13.8. The molecular weight excluding hydrogens is 621 g/mol. The van der Waals surface area contributed by atoms with Gasteiger partial charge in [-0.15, -0.1) is 15.0 Å². The van der Waals surface area contributed by atoms with Crippen LogP contribution >= 0.6 is 0 Å². The Bertz CT molecular complexity index is 1570. The van der Waals surface area contributed by atoms with Gasteiger partial charge in [0.25, 0.3) is 0 Å². The summed E-state index contributed by atoms with van der Waals surface area (Å²) in [4.78, 5) is 2.66. The molecule has 248 valence electrons. The highest BCUT2D eigenvalue weighted by Crippen LogP contribution is 2.34. The number of aliphatic hydroxyl groups is 2. The van der Waals surface area contributed by atoms with Gasteiger partial charge >= 0.3 is 0 Å². The van der Waals surface area contributed by atoms with E-state index in [-0.39, 0.29) is 23.7 Å². The molecule has 14 nitrogen and oxygen atoms in total. The summed E-state index contributed by atoms with van der Waals surface area (Å²) in [5, 5.41) is 39.3. The number of aliphatic hydroxyl groups excluding tert-OH is 2. The summed E-state index contributed by atoms with van der Waals surface area (Å²) in [5.74, 6) is -4.38. The van der Waals surface area contributed by atoms with Gasteiger partial charge < -0.3 is 19.7 Å². The second kappa shape index (κ2) is 13.0. The molecule has 0 spiro atoms. The van der Waals surface area contributed by atoms with Crippen LogP contribution in [0.5, 0.6) is 0 Å². The van der Waals surface area contributed by atoms with Crippen molar-refractivity contribution in [1.29, 1.82) is 0 Å². The lowest BCUT2D eigenvalue weighted by atomic mass is 9.90. The van der Waals surface area contributed by atoms with Gasteiger partial charge in [0, 0.05) is 38.4 Å². The largest absolute Gasteiger partial charge is 0.394 e. The van der Waals surface area contributed by atoms with E-state index < -0.39 is 69.3 Å². The van der Waals surface area contributed by atoms with Gasteiger partial charge in [-0.1, -0.05) is 10.4 Å². The summed E-state index contributed by atoms with van der Waals surface area (Å²) >= 11 is 0. The summed E-state index contributed by atoms with van der Waals surface area (Å²) in [6.07, 6.45) is 0.678. The van der Waals surface area contributed by atoms with E-state index in [9.17, 15) is 31.8 Å². The Kier molecular flexibility index (Phi) is 9.65. The van der Waals surface area contributed by atoms with Gasteiger partial charge in [-0.3, -0.25) is 0 Å². The zero-order valence-electron chi connectivity index (χ0n) is 25.2. The van der Waals surface area contributed by atoms with E-state index in [4.69, 9.17) is 9.47 Å². The lowest BCUT2D eigenvalue weighted by Gasteiger charge is -2.43. The first-order chi connectivity index (χ1) is 21.2. The number of sulfonamides is 1. The van der Waals surface area contributed by atoms with Gasteiger partial charge in [0.1, 0.15) is 30.0 Å². The number of ether oxygens (including phenoxy) is 2. The van der Waals surface area contributed by atoms with Gasteiger partial charge in [0.2, 0.25) is 10.0 Å². The standard InChI is InChI=1S/C27H37F3N8O6S/c1-27(2,3)45(41,42)35-36-7-5-17(6-8-36)37-12-16(31-33-37)11-21-26(43-4)24(25(40)22(14-39)44-21)38-13-20(32-34-38)15-9-18(28)23(30)19(29)10-15/h9-10,12-13,17,21-22,24-26,35,39-40H,5-8,11,14H2,1-4H3/t21-,22-,24+,25+,26+/m1/s1. The molecule has 0 unspecified atom stereocenters. The third-order valence-corrected chi connectivity index (χ3v) is 10.3. The van der Waals surface area contributed by atoms with E-state index in [1.165, 1.54) is 18.0 Å². The fraction of sp³-hybridized carbons (Fsp3) is 0.630. The van der Waals surface area contributed by atoms with Crippen LogP contribution in [0.4, 0.5) is 13.2 Å². The zero-order valence-corrected chi connectivity index (χ0v) is 26.0. The van der Waals surface area contributed by atoms with Crippen molar-refractivity contribution < 1.29 is 41.3 Å². The molecule has 2 aromatic heterocycles. The molecule has 2 aliphatic rings. The minimum Gasteiger partial charge on any atom is -0.394 e. The van der Waals surface area contributed by atoms with Crippen molar-refractivity contribution in [2.75, 3.05) is 26.8 Å². The Balaban J connectivity index is 1.29. The monoisotopic (exact) mass is 658 g/mol. The first-order valence-electron chi connectivity index (χ1n) is 14.4. The number of hydrogen-bond acceptors (Lipinski definition) is 11. The second-order valence-corrected chi connectivity index (χ2v) is 14.6. The SMILES string of the molecule is CO[C@@H]1[C@@H](n2cc(-c3cc(F)c(F)c(F)c3)nn2)[C@@H](O)[C@@H](CO)O[C@@H]1Cc1cn(C2CCN(NS(=O)(=O)C(C)(C)C)CC2)nn1. The maximum atomic E-state index is 13.8. The summed E-state index contributed by atoms with van der Waals surface area (Å²) in [5.41, 5.74) is 0.525. The molecule has 18 heteroatoms. The van der Waals surface area contributed by atoms with Crippen LogP contribution < -0.4 is 4.83 Å².